The van der Waals surface area contributed by atoms with Crippen molar-refractivity contribution in [1.82, 2.24) is 19.9 Å². The molecule has 34 heavy (non-hydrogen) atoms. The molecule has 0 atom stereocenters. The number of aromatic nitrogens is 4. The average Bonchev–Trinajstić information content (AvgIpc) is 3.64. The number of H-pyrrole nitrogens is 2. The average molecular weight is 444 g/mol. The Kier molecular flexibility index (Phi) is 4.70. The van der Waals surface area contributed by atoms with Crippen molar-refractivity contribution in [1.29, 1.82) is 0 Å². The number of aromatic amines is 2. The minimum Gasteiger partial charge on any atom is -0.465 e. The van der Waals surface area contributed by atoms with E-state index in [1.54, 1.807) is 12.1 Å². The molecule has 6 nitrogen and oxygen atoms in total. The first-order valence-electron chi connectivity index (χ1n) is 10.9. The van der Waals surface area contributed by atoms with Crippen molar-refractivity contribution in [3.05, 3.63) is 107 Å². The molecule has 2 aliphatic rings. The van der Waals surface area contributed by atoms with Crippen LogP contribution >= 0.6 is 0 Å². The van der Waals surface area contributed by atoms with Gasteiger partial charge in [0.2, 0.25) is 0 Å². The molecule has 6 rings (SSSR count). The van der Waals surface area contributed by atoms with Crippen molar-refractivity contribution in [2.24, 2.45) is 0 Å². The van der Waals surface area contributed by atoms with Gasteiger partial charge in [-0.15, -0.1) is 0 Å². The topological polar surface area (TPSA) is 83.7 Å². The Morgan fingerprint density at radius 1 is 0.706 bits per heavy atom. The SMILES string of the molecule is COC(=O)c1ccc(C2=Cc3cc4ccc(cc5ccc(cc6nc(cc2n3)C=C6)[nH]5)[nH]4)cc1. The van der Waals surface area contributed by atoms with E-state index < -0.39 is 0 Å². The van der Waals surface area contributed by atoms with E-state index in [-0.39, 0.29) is 5.97 Å². The number of rotatable bonds is 2. The molecular formula is C28H20N4O2. The first kappa shape index (κ1) is 19.9. The van der Waals surface area contributed by atoms with E-state index in [0.29, 0.717) is 5.56 Å². The van der Waals surface area contributed by atoms with Crippen LogP contribution in [-0.4, -0.2) is 33.0 Å². The van der Waals surface area contributed by atoms with E-state index >= 15 is 0 Å². The Morgan fingerprint density at radius 2 is 1.29 bits per heavy atom. The van der Waals surface area contributed by atoms with Gasteiger partial charge in [-0.2, -0.15) is 0 Å². The molecule has 1 aromatic carbocycles. The Balaban J connectivity index is 1.56. The van der Waals surface area contributed by atoms with Gasteiger partial charge >= 0.3 is 5.97 Å². The number of nitrogens with zero attached hydrogens (tertiary/aromatic N) is 2. The molecule has 0 amide bonds. The Hall–Kier alpha value is -4.71. The van der Waals surface area contributed by atoms with Crippen LogP contribution in [0.4, 0.5) is 0 Å². The molecule has 0 saturated heterocycles. The van der Waals surface area contributed by atoms with E-state index in [1.165, 1.54) is 7.11 Å². The van der Waals surface area contributed by atoms with Crippen LogP contribution in [0.15, 0.2) is 72.8 Å². The number of esters is 1. The van der Waals surface area contributed by atoms with Gasteiger partial charge in [-0.05, 0) is 84.5 Å². The molecule has 8 bridgehead atoms. The first-order valence-corrected chi connectivity index (χ1v) is 10.9. The second-order valence-electron chi connectivity index (χ2n) is 8.16. The summed E-state index contributed by atoms with van der Waals surface area (Å²) in [6, 6.07) is 23.6. The summed E-state index contributed by atoms with van der Waals surface area (Å²) >= 11 is 0. The van der Waals surface area contributed by atoms with Crippen LogP contribution in [0.1, 0.15) is 38.7 Å². The van der Waals surface area contributed by atoms with Gasteiger partial charge in [0.15, 0.2) is 0 Å². The molecule has 2 N–H and O–H groups in total. The summed E-state index contributed by atoms with van der Waals surface area (Å²) in [6.45, 7) is 0. The molecule has 0 fully saturated rings. The van der Waals surface area contributed by atoms with E-state index in [9.17, 15) is 4.79 Å². The maximum Gasteiger partial charge on any atom is 0.337 e. The van der Waals surface area contributed by atoms with E-state index in [0.717, 1.165) is 56.0 Å². The van der Waals surface area contributed by atoms with Crippen LogP contribution in [0.3, 0.4) is 0 Å². The van der Waals surface area contributed by atoms with Gasteiger partial charge in [-0.25, -0.2) is 14.8 Å². The molecule has 0 unspecified atom stereocenters. The van der Waals surface area contributed by atoms with Crippen molar-refractivity contribution in [2.45, 2.75) is 0 Å². The van der Waals surface area contributed by atoms with Crippen LogP contribution in [0.25, 0.3) is 45.9 Å². The zero-order chi connectivity index (χ0) is 23.1. The molecule has 2 aliphatic heterocycles. The number of carbonyl (C=O) groups is 1. The number of ether oxygens (including phenoxy) is 1. The monoisotopic (exact) mass is 444 g/mol. The van der Waals surface area contributed by atoms with Crippen LogP contribution in [0.2, 0.25) is 0 Å². The summed E-state index contributed by atoms with van der Waals surface area (Å²) in [5.41, 5.74) is 9.74. The molecule has 0 radical (unpaired) electrons. The minimum absolute atomic E-state index is 0.358. The number of carbonyl (C=O) groups excluding carboxylic acids is 1. The van der Waals surface area contributed by atoms with Gasteiger partial charge in [0.1, 0.15) is 0 Å². The predicted octanol–water partition coefficient (Wildman–Crippen LogP) is 5.86. The lowest BCUT2D eigenvalue weighted by molar-refractivity contribution is 0.0600. The molecule has 3 aromatic heterocycles. The van der Waals surface area contributed by atoms with Gasteiger partial charge in [0, 0.05) is 27.6 Å². The highest BCUT2D eigenvalue weighted by atomic mass is 16.5. The van der Waals surface area contributed by atoms with Crippen molar-refractivity contribution >= 4 is 51.8 Å². The molecular weight excluding hydrogens is 424 g/mol. The lowest BCUT2D eigenvalue weighted by Gasteiger charge is -2.04. The molecule has 4 aromatic rings. The quantitative estimate of drug-likeness (QED) is 0.328. The highest BCUT2D eigenvalue weighted by Crippen LogP contribution is 2.29. The Bertz CT molecular complexity index is 1650. The Labute approximate surface area is 195 Å². The minimum atomic E-state index is -0.358. The first-order chi connectivity index (χ1) is 16.6. The van der Waals surface area contributed by atoms with Gasteiger partial charge in [0.05, 0.1) is 35.4 Å². The van der Waals surface area contributed by atoms with Gasteiger partial charge < -0.3 is 14.7 Å². The summed E-state index contributed by atoms with van der Waals surface area (Å²) in [6.07, 6.45) is 6.03. The van der Waals surface area contributed by atoms with Gasteiger partial charge in [-0.1, -0.05) is 12.1 Å². The molecule has 0 saturated carbocycles. The third-order valence-electron chi connectivity index (χ3n) is 5.78. The van der Waals surface area contributed by atoms with Crippen LogP contribution in [0, 0.1) is 0 Å². The smallest absolute Gasteiger partial charge is 0.337 e. The van der Waals surface area contributed by atoms with Crippen molar-refractivity contribution in [2.75, 3.05) is 7.11 Å². The number of benzene rings is 1. The van der Waals surface area contributed by atoms with Crippen molar-refractivity contribution < 1.29 is 9.53 Å². The lowest BCUT2D eigenvalue weighted by atomic mass is 10.0. The highest BCUT2D eigenvalue weighted by molar-refractivity contribution is 5.95. The Morgan fingerprint density at radius 3 is 1.94 bits per heavy atom. The number of hydrogen-bond acceptors (Lipinski definition) is 4. The largest absolute Gasteiger partial charge is 0.465 e. The predicted molar refractivity (Wildman–Crippen MR) is 135 cm³/mol. The van der Waals surface area contributed by atoms with Gasteiger partial charge in [0.25, 0.3) is 0 Å². The second-order valence-corrected chi connectivity index (χ2v) is 8.16. The third-order valence-corrected chi connectivity index (χ3v) is 5.78. The van der Waals surface area contributed by atoms with Crippen LogP contribution in [-0.2, 0) is 4.74 Å². The molecule has 0 spiro atoms. The number of methoxy groups -OCH3 is 1. The second kappa shape index (κ2) is 8.01. The zero-order valence-electron chi connectivity index (χ0n) is 18.4. The summed E-state index contributed by atoms with van der Waals surface area (Å²) in [5, 5.41) is 0. The molecule has 164 valence electrons. The van der Waals surface area contributed by atoms with E-state index in [4.69, 9.17) is 14.7 Å². The summed E-state index contributed by atoms with van der Waals surface area (Å²) in [5.74, 6) is -0.358. The van der Waals surface area contributed by atoms with Crippen LogP contribution in [0.5, 0.6) is 0 Å². The maximum atomic E-state index is 11.8. The maximum absolute atomic E-state index is 11.8. The summed E-state index contributed by atoms with van der Waals surface area (Å²) in [7, 11) is 1.38. The third kappa shape index (κ3) is 3.82. The summed E-state index contributed by atoms with van der Waals surface area (Å²) in [4.78, 5) is 28.3. The van der Waals surface area contributed by atoms with Crippen molar-refractivity contribution in [3.8, 4) is 0 Å². The van der Waals surface area contributed by atoms with E-state index in [1.807, 2.05) is 72.8 Å². The fourth-order valence-corrected chi connectivity index (χ4v) is 4.15. The molecule has 6 heteroatoms. The number of nitrogens with one attached hydrogen (secondary N) is 2. The lowest BCUT2D eigenvalue weighted by Crippen LogP contribution is -2.00. The molecule has 0 aliphatic carbocycles. The summed E-state index contributed by atoms with van der Waals surface area (Å²) < 4.78 is 4.82. The van der Waals surface area contributed by atoms with E-state index in [2.05, 4.69) is 16.0 Å². The number of hydrogen-bond donors (Lipinski definition) is 2. The fourth-order valence-electron chi connectivity index (χ4n) is 4.15. The fraction of sp³-hybridized carbons (Fsp3) is 0.0357. The number of fused-ring (bicyclic) bond motifs is 8. The van der Waals surface area contributed by atoms with Crippen LogP contribution < -0.4 is 0 Å². The molecule has 5 heterocycles. The van der Waals surface area contributed by atoms with Gasteiger partial charge in [-0.3, -0.25) is 0 Å². The van der Waals surface area contributed by atoms with Crippen molar-refractivity contribution in [3.63, 3.8) is 0 Å². The zero-order valence-corrected chi connectivity index (χ0v) is 18.4. The highest BCUT2D eigenvalue weighted by Gasteiger charge is 2.14. The standard InChI is InChI=1S/C28H20N4O2/c1-34-28(33)18-4-2-17(3-5-18)26-15-25-14-23-9-8-21(30-23)12-19-6-7-20(29-19)13-22-10-11-24(31-22)16-27(26)32-25/h2-16,29-30H,1H3. The normalized spacial score (nSPS) is 12.4.